The summed E-state index contributed by atoms with van der Waals surface area (Å²) in [5.74, 6) is 2.02. The van der Waals surface area contributed by atoms with Gasteiger partial charge in [-0.2, -0.15) is 0 Å². The van der Waals surface area contributed by atoms with Crippen molar-refractivity contribution in [3.8, 4) is 17.2 Å². The van der Waals surface area contributed by atoms with E-state index in [1.165, 1.54) is 18.4 Å². The first-order valence-electron chi connectivity index (χ1n) is 14.1. The second kappa shape index (κ2) is 14.6. The van der Waals surface area contributed by atoms with Crippen molar-refractivity contribution in [1.29, 1.82) is 0 Å². The third kappa shape index (κ3) is 7.66. The van der Waals surface area contributed by atoms with Gasteiger partial charge in [0.15, 0.2) is 11.5 Å². The molecular formula is C34H42N2O4. The SMILES string of the molecule is COc1cc(C(=O)N(CCCN2CCC(c3ccccc3)CC2)CC(C)=Cc2ccccc2)cc(OC)c1OC. The van der Waals surface area contributed by atoms with Crippen LogP contribution in [0.2, 0.25) is 0 Å². The van der Waals surface area contributed by atoms with Gasteiger partial charge in [0, 0.05) is 18.7 Å². The average molecular weight is 543 g/mol. The molecule has 6 heteroatoms. The lowest BCUT2D eigenvalue weighted by Gasteiger charge is -2.33. The Morgan fingerprint density at radius 3 is 2.08 bits per heavy atom. The maximum Gasteiger partial charge on any atom is 0.254 e. The van der Waals surface area contributed by atoms with E-state index < -0.39 is 0 Å². The first-order chi connectivity index (χ1) is 19.5. The minimum absolute atomic E-state index is 0.0529. The zero-order valence-corrected chi connectivity index (χ0v) is 24.3. The Labute approximate surface area is 239 Å². The van der Waals surface area contributed by atoms with E-state index in [4.69, 9.17) is 14.2 Å². The van der Waals surface area contributed by atoms with Gasteiger partial charge in [-0.3, -0.25) is 4.79 Å². The molecule has 0 unspecified atom stereocenters. The van der Waals surface area contributed by atoms with Crippen molar-refractivity contribution in [2.45, 2.75) is 32.1 Å². The number of methoxy groups -OCH3 is 3. The van der Waals surface area contributed by atoms with Gasteiger partial charge in [0.25, 0.3) is 5.91 Å². The number of carbonyl (C=O) groups excluding carboxylic acids is 1. The van der Waals surface area contributed by atoms with Crippen LogP contribution in [-0.4, -0.2) is 69.8 Å². The van der Waals surface area contributed by atoms with Gasteiger partial charge in [0.1, 0.15) is 0 Å². The van der Waals surface area contributed by atoms with Crippen LogP contribution in [-0.2, 0) is 0 Å². The standard InChI is InChI=1S/C34H42N2O4/c1-26(22-27-12-7-5-8-13-27)25-36(34(37)30-23-31(38-2)33(40-4)32(24-30)39-3)19-11-18-35-20-16-29(17-21-35)28-14-9-6-10-15-28/h5-10,12-15,22-24,29H,11,16-21,25H2,1-4H3. The van der Waals surface area contributed by atoms with Gasteiger partial charge in [-0.05, 0) is 75.0 Å². The number of hydrogen-bond donors (Lipinski definition) is 0. The molecule has 1 aliphatic rings. The van der Waals surface area contributed by atoms with Gasteiger partial charge in [-0.1, -0.05) is 72.3 Å². The summed E-state index contributed by atoms with van der Waals surface area (Å²) in [6.45, 7) is 6.44. The summed E-state index contributed by atoms with van der Waals surface area (Å²) < 4.78 is 16.5. The summed E-state index contributed by atoms with van der Waals surface area (Å²) in [4.78, 5) is 18.4. The lowest BCUT2D eigenvalue weighted by molar-refractivity contribution is 0.0759. The number of hydrogen-bond acceptors (Lipinski definition) is 5. The largest absolute Gasteiger partial charge is 0.493 e. The van der Waals surface area contributed by atoms with Crippen LogP contribution in [0.1, 0.15) is 53.6 Å². The fourth-order valence-corrected chi connectivity index (χ4v) is 5.52. The molecule has 1 fully saturated rings. The zero-order valence-electron chi connectivity index (χ0n) is 24.3. The lowest BCUT2D eigenvalue weighted by atomic mass is 9.89. The monoisotopic (exact) mass is 542 g/mol. The highest BCUT2D eigenvalue weighted by atomic mass is 16.5. The predicted octanol–water partition coefficient (Wildman–Crippen LogP) is 6.53. The minimum atomic E-state index is -0.0529. The number of rotatable bonds is 12. The summed E-state index contributed by atoms with van der Waals surface area (Å²) in [7, 11) is 4.70. The summed E-state index contributed by atoms with van der Waals surface area (Å²) in [5, 5.41) is 0. The molecule has 0 aliphatic carbocycles. The molecule has 0 bridgehead atoms. The van der Waals surface area contributed by atoms with Crippen LogP contribution in [0.15, 0.2) is 78.4 Å². The van der Waals surface area contributed by atoms with Crippen LogP contribution in [0, 0.1) is 0 Å². The summed E-state index contributed by atoms with van der Waals surface area (Å²) >= 11 is 0. The molecule has 4 rings (SSSR count). The van der Waals surface area contributed by atoms with Crippen LogP contribution >= 0.6 is 0 Å². The molecular weight excluding hydrogens is 500 g/mol. The summed E-state index contributed by atoms with van der Waals surface area (Å²) in [5.41, 5.74) is 4.22. The molecule has 0 atom stereocenters. The Morgan fingerprint density at radius 1 is 0.900 bits per heavy atom. The van der Waals surface area contributed by atoms with E-state index in [1.54, 1.807) is 33.5 Å². The van der Waals surface area contributed by atoms with Gasteiger partial charge in [-0.25, -0.2) is 0 Å². The Hall–Kier alpha value is -3.77. The van der Waals surface area contributed by atoms with Gasteiger partial charge < -0.3 is 24.0 Å². The highest BCUT2D eigenvalue weighted by Gasteiger charge is 2.23. The molecule has 6 nitrogen and oxygen atoms in total. The molecule has 1 heterocycles. The van der Waals surface area contributed by atoms with E-state index in [1.807, 2.05) is 23.1 Å². The van der Waals surface area contributed by atoms with Crippen molar-refractivity contribution >= 4 is 12.0 Å². The molecule has 1 amide bonds. The van der Waals surface area contributed by atoms with Gasteiger partial charge in [-0.15, -0.1) is 0 Å². The third-order valence-electron chi connectivity index (χ3n) is 7.61. The maximum absolute atomic E-state index is 13.9. The van der Waals surface area contributed by atoms with Crippen molar-refractivity contribution < 1.29 is 19.0 Å². The molecule has 1 saturated heterocycles. The van der Waals surface area contributed by atoms with E-state index in [-0.39, 0.29) is 5.91 Å². The number of ether oxygens (including phenoxy) is 3. The van der Waals surface area contributed by atoms with E-state index in [2.05, 4.69) is 60.4 Å². The number of amides is 1. The normalized spacial score (nSPS) is 14.6. The summed E-state index contributed by atoms with van der Waals surface area (Å²) in [6.07, 6.45) is 5.41. The van der Waals surface area contributed by atoms with Crippen molar-refractivity contribution in [2.75, 3.05) is 54.1 Å². The predicted molar refractivity (Wildman–Crippen MR) is 162 cm³/mol. The third-order valence-corrected chi connectivity index (χ3v) is 7.61. The van der Waals surface area contributed by atoms with Gasteiger partial charge >= 0.3 is 0 Å². The molecule has 0 spiro atoms. The topological polar surface area (TPSA) is 51.2 Å². The highest BCUT2D eigenvalue weighted by molar-refractivity contribution is 5.96. The number of piperidine rings is 1. The number of benzene rings is 3. The average Bonchev–Trinajstić information content (AvgIpc) is 3.00. The van der Waals surface area contributed by atoms with E-state index in [0.29, 0.717) is 41.8 Å². The van der Waals surface area contributed by atoms with E-state index in [0.717, 1.165) is 37.2 Å². The molecule has 0 N–H and O–H groups in total. The molecule has 3 aromatic rings. The molecule has 3 aromatic carbocycles. The first-order valence-corrected chi connectivity index (χ1v) is 14.1. The first kappa shape index (κ1) is 29.2. The Kier molecular flexibility index (Phi) is 10.6. The highest BCUT2D eigenvalue weighted by Crippen LogP contribution is 2.38. The molecule has 0 saturated carbocycles. The zero-order chi connectivity index (χ0) is 28.3. The fourth-order valence-electron chi connectivity index (χ4n) is 5.52. The minimum Gasteiger partial charge on any atom is -0.493 e. The van der Waals surface area contributed by atoms with Crippen LogP contribution in [0.4, 0.5) is 0 Å². The van der Waals surface area contributed by atoms with Gasteiger partial charge in [0.2, 0.25) is 5.75 Å². The second-order valence-corrected chi connectivity index (χ2v) is 10.4. The van der Waals surface area contributed by atoms with Crippen molar-refractivity contribution in [1.82, 2.24) is 9.80 Å². The van der Waals surface area contributed by atoms with Crippen LogP contribution in [0.25, 0.3) is 6.08 Å². The van der Waals surface area contributed by atoms with Gasteiger partial charge in [0.05, 0.1) is 21.3 Å². The van der Waals surface area contributed by atoms with E-state index >= 15 is 0 Å². The molecule has 212 valence electrons. The Bertz CT molecular complexity index is 1230. The van der Waals surface area contributed by atoms with Crippen molar-refractivity contribution in [3.63, 3.8) is 0 Å². The van der Waals surface area contributed by atoms with Crippen LogP contribution in [0.5, 0.6) is 17.2 Å². The van der Waals surface area contributed by atoms with Crippen molar-refractivity contribution in [2.24, 2.45) is 0 Å². The number of nitrogens with zero attached hydrogens (tertiary/aromatic N) is 2. The molecule has 40 heavy (non-hydrogen) atoms. The Morgan fingerprint density at radius 2 is 1.50 bits per heavy atom. The molecule has 0 radical (unpaired) electrons. The number of carbonyl (C=O) groups is 1. The second-order valence-electron chi connectivity index (χ2n) is 10.4. The van der Waals surface area contributed by atoms with Crippen LogP contribution in [0.3, 0.4) is 0 Å². The molecule has 0 aromatic heterocycles. The molecule has 1 aliphatic heterocycles. The van der Waals surface area contributed by atoms with E-state index in [9.17, 15) is 4.79 Å². The lowest BCUT2D eigenvalue weighted by Crippen LogP contribution is -2.37. The smallest absolute Gasteiger partial charge is 0.254 e. The Balaban J connectivity index is 1.45. The fraction of sp³-hybridized carbons (Fsp3) is 0.382. The van der Waals surface area contributed by atoms with Crippen LogP contribution < -0.4 is 14.2 Å². The maximum atomic E-state index is 13.9. The number of likely N-dealkylation sites (tertiary alicyclic amines) is 1. The summed E-state index contributed by atoms with van der Waals surface area (Å²) in [6, 6.07) is 24.5. The quantitative estimate of drug-likeness (QED) is 0.261. The van der Waals surface area contributed by atoms with Crippen molar-refractivity contribution in [3.05, 3.63) is 95.1 Å².